The summed E-state index contributed by atoms with van der Waals surface area (Å²) in [5, 5.41) is 8.91. The molecule has 0 radical (unpaired) electrons. The predicted molar refractivity (Wildman–Crippen MR) is 94.5 cm³/mol. The van der Waals surface area contributed by atoms with E-state index in [4.69, 9.17) is 10.00 Å². The van der Waals surface area contributed by atoms with Gasteiger partial charge in [-0.3, -0.25) is 9.52 Å². The molecule has 0 saturated carbocycles. The molecule has 136 valence electrons. The third-order valence-corrected chi connectivity index (χ3v) is 5.71. The first-order valence-electron chi connectivity index (χ1n) is 8.17. The van der Waals surface area contributed by atoms with Gasteiger partial charge in [0.2, 0.25) is 15.9 Å². The molecule has 0 bridgehead atoms. The lowest BCUT2D eigenvalue weighted by Crippen LogP contribution is -2.43. The van der Waals surface area contributed by atoms with Crippen molar-refractivity contribution in [3.05, 3.63) is 24.3 Å². The van der Waals surface area contributed by atoms with Crippen LogP contribution in [0.5, 0.6) is 5.75 Å². The van der Waals surface area contributed by atoms with Gasteiger partial charge in [-0.1, -0.05) is 13.0 Å². The molecule has 0 aromatic heterocycles. The van der Waals surface area contributed by atoms with E-state index in [0.29, 0.717) is 37.4 Å². The van der Waals surface area contributed by atoms with E-state index in [1.54, 1.807) is 36.1 Å². The van der Waals surface area contributed by atoms with Gasteiger partial charge in [0, 0.05) is 25.1 Å². The molecule has 2 rings (SSSR count). The van der Waals surface area contributed by atoms with Crippen LogP contribution in [0.1, 0.15) is 19.8 Å². The molecule has 1 heterocycles. The lowest BCUT2D eigenvalue weighted by atomic mass is 9.97. The van der Waals surface area contributed by atoms with Crippen molar-refractivity contribution in [3.8, 4) is 11.8 Å². The van der Waals surface area contributed by atoms with Gasteiger partial charge in [0.25, 0.3) is 0 Å². The number of methoxy groups -OCH3 is 1. The number of nitrogens with one attached hydrogen (secondary N) is 1. The standard InChI is InChI=1S/C17H23N3O4S/c1-13(17(21)20-8-6-14(11-18)7-9-20)12-25(22,23)19-15-4-3-5-16(10-15)24-2/h3-5,10,13-14,19H,6-9,12H2,1-2H3. The smallest absolute Gasteiger partial charge is 0.233 e. The minimum Gasteiger partial charge on any atom is -0.497 e. The highest BCUT2D eigenvalue weighted by molar-refractivity contribution is 7.92. The van der Waals surface area contributed by atoms with Crippen LogP contribution in [0, 0.1) is 23.2 Å². The summed E-state index contributed by atoms with van der Waals surface area (Å²) in [6, 6.07) is 8.82. The molecule has 25 heavy (non-hydrogen) atoms. The molecule has 1 saturated heterocycles. The molecule has 0 aliphatic carbocycles. The van der Waals surface area contributed by atoms with Crippen LogP contribution in [0.3, 0.4) is 0 Å². The number of hydrogen-bond donors (Lipinski definition) is 1. The molecule has 1 atom stereocenters. The highest BCUT2D eigenvalue weighted by Crippen LogP contribution is 2.20. The Labute approximate surface area is 148 Å². The van der Waals surface area contributed by atoms with E-state index in [1.807, 2.05) is 0 Å². The molecular weight excluding hydrogens is 342 g/mol. The quantitative estimate of drug-likeness (QED) is 0.829. The van der Waals surface area contributed by atoms with Crippen molar-refractivity contribution >= 4 is 21.6 Å². The lowest BCUT2D eigenvalue weighted by molar-refractivity contribution is -0.135. The fourth-order valence-electron chi connectivity index (χ4n) is 2.85. The summed E-state index contributed by atoms with van der Waals surface area (Å²) >= 11 is 0. The maximum Gasteiger partial charge on any atom is 0.233 e. The van der Waals surface area contributed by atoms with Crippen molar-refractivity contribution in [3.63, 3.8) is 0 Å². The SMILES string of the molecule is COc1cccc(NS(=O)(=O)CC(C)C(=O)N2CCC(C#N)CC2)c1. The Kier molecular flexibility index (Phi) is 6.26. The molecule has 1 unspecified atom stereocenters. The van der Waals surface area contributed by atoms with Gasteiger partial charge < -0.3 is 9.64 Å². The number of hydrogen-bond acceptors (Lipinski definition) is 5. The van der Waals surface area contributed by atoms with Crippen molar-refractivity contribution in [1.82, 2.24) is 4.90 Å². The van der Waals surface area contributed by atoms with Crippen LogP contribution < -0.4 is 9.46 Å². The number of likely N-dealkylation sites (tertiary alicyclic amines) is 1. The fourth-order valence-corrected chi connectivity index (χ4v) is 4.22. The van der Waals surface area contributed by atoms with Crippen molar-refractivity contribution in [2.45, 2.75) is 19.8 Å². The van der Waals surface area contributed by atoms with E-state index >= 15 is 0 Å². The maximum absolute atomic E-state index is 12.5. The van der Waals surface area contributed by atoms with Crippen LogP contribution in [0.25, 0.3) is 0 Å². The molecular formula is C17H23N3O4S. The molecule has 0 spiro atoms. The van der Waals surface area contributed by atoms with E-state index < -0.39 is 15.9 Å². The molecule has 7 nitrogen and oxygen atoms in total. The van der Waals surface area contributed by atoms with E-state index in [0.717, 1.165) is 0 Å². The number of sulfonamides is 1. The second kappa shape index (κ2) is 8.21. The predicted octanol–water partition coefficient (Wildman–Crippen LogP) is 1.84. The molecule has 1 fully saturated rings. The van der Waals surface area contributed by atoms with Gasteiger partial charge in [0.05, 0.1) is 30.5 Å². The van der Waals surface area contributed by atoms with Gasteiger partial charge in [0.15, 0.2) is 0 Å². The summed E-state index contributed by atoms with van der Waals surface area (Å²) in [6.45, 7) is 2.62. The lowest BCUT2D eigenvalue weighted by Gasteiger charge is -2.31. The number of piperidine rings is 1. The molecule has 1 aliphatic heterocycles. The summed E-state index contributed by atoms with van der Waals surface area (Å²) < 4.78 is 32.2. The van der Waals surface area contributed by atoms with E-state index in [1.165, 1.54) is 7.11 Å². The van der Waals surface area contributed by atoms with Crippen molar-refractivity contribution in [1.29, 1.82) is 5.26 Å². The number of ether oxygens (including phenoxy) is 1. The summed E-state index contributed by atoms with van der Waals surface area (Å²) in [4.78, 5) is 14.1. The highest BCUT2D eigenvalue weighted by atomic mass is 32.2. The average Bonchev–Trinajstić information content (AvgIpc) is 2.60. The number of carbonyl (C=O) groups excluding carboxylic acids is 1. The normalized spacial score (nSPS) is 16.8. The molecule has 1 aliphatic rings. The van der Waals surface area contributed by atoms with Crippen LogP contribution in [-0.2, 0) is 14.8 Å². The summed E-state index contributed by atoms with van der Waals surface area (Å²) in [6.07, 6.45) is 1.29. The maximum atomic E-state index is 12.5. The Morgan fingerprint density at radius 3 is 2.72 bits per heavy atom. The number of rotatable bonds is 6. The minimum atomic E-state index is -3.66. The van der Waals surface area contributed by atoms with Gasteiger partial charge in [0.1, 0.15) is 5.75 Å². The Morgan fingerprint density at radius 2 is 2.12 bits per heavy atom. The van der Waals surface area contributed by atoms with Gasteiger partial charge in [-0.15, -0.1) is 0 Å². The average molecular weight is 365 g/mol. The van der Waals surface area contributed by atoms with Gasteiger partial charge >= 0.3 is 0 Å². The van der Waals surface area contributed by atoms with E-state index in [-0.39, 0.29) is 17.6 Å². The molecule has 1 aromatic carbocycles. The number of nitrogens with zero attached hydrogens (tertiary/aromatic N) is 2. The zero-order valence-corrected chi connectivity index (χ0v) is 15.3. The van der Waals surface area contributed by atoms with Crippen LogP contribution >= 0.6 is 0 Å². The first kappa shape index (κ1) is 19.1. The number of benzene rings is 1. The van der Waals surface area contributed by atoms with Gasteiger partial charge in [-0.25, -0.2) is 8.42 Å². The summed E-state index contributed by atoms with van der Waals surface area (Å²) in [7, 11) is -2.16. The summed E-state index contributed by atoms with van der Waals surface area (Å²) in [5.74, 6) is -0.599. The largest absolute Gasteiger partial charge is 0.497 e. The topological polar surface area (TPSA) is 99.5 Å². The minimum absolute atomic E-state index is 0.0159. The van der Waals surface area contributed by atoms with Crippen LogP contribution in [0.15, 0.2) is 24.3 Å². The second-order valence-corrected chi connectivity index (χ2v) is 8.01. The first-order chi connectivity index (χ1) is 11.8. The van der Waals surface area contributed by atoms with Crippen molar-refractivity contribution in [2.75, 3.05) is 30.7 Å². The van der Waals surface area contributed by atoms with Gasteiger partial charge in [-0.2, -0.15) is 5.26 Å². The zero-order chi connectivity index (χ0) is 18.4. The Bertz CT molecular complexity index is 749. The summed E-state index contributed by atoms with van der Waals surface area (Å²) in [5.41, 5.74) is 0.397. The number of amides is 1. The van der Waals surface area contributed by atoms with E-state index in [2.05, 4.69) is 10.8 Å². The molecule has 1 N–H and O–H groups in total. The van der Waals surface area contributed by atoms with E-state index in [9.17, 15) is 13.2 Å². The Hall–Kier alpha value is -2.27. The van der Waals surface area contributed by atoms with Crippen LogP contribution in [-0.4, -0.2) is 45.2 Å². The number of nitriles is 1. The third kappa shape index (κ3) is 5.36. The number of anilines is 1. The number of carbonyl (C=O) groups is 1. The zero-order valence-electron chi connectivity index (χ0n) is 14.4. The van der Waals surface area contributed by atoms with Crippen molar-refractivity contribution < 1.29 is 17.9 Å². The molecule has 1 aromatic rings. The molecule has 8 heteroatoms. The van der Waals surface area contributed by atoms with Gasteiger partial charge in [-0.05, 0) is 25.0 Å². The van der Waals surface area contributed by atoms with Crippen LogP contribution in [0.2, 0.25) is 0 Å². The highest BCUT2D eigenvalue weighted by Gasteiger charge is 2.28. The molecule has 1 amide bonds. The Morgan fingerprint density at radius 1 is 1.44 bits per heavy atom. The Balaban J connectivity index is 1.95. The second-order valence-electron chi connectivity index (χ2n) is 6.25. The van der Waals surface area contributed by atoms with Crippen molar-refractivity contribution in [2.24, 2.45) is 11.8 Å². The first-order valence-corrected chi connectivity index (χ1v) is 9.83. The van der Waals surface area contributed by atoms with Crippen LogP contribution in [0.4, 0.5) is 5.69 Å². The third-order valence-electron chi connectivity index (χ3n) is 4.22. The fraction of sp³-hybridized carbons (Fsp3) is 0.529. The monoisotopic (exact) mass is 365 g/mol.